The van der Waals surface area contributed by atoms with Gasteiger partial charge in [0.2, 0.25) is 0 Å². The molecule has 6 heteroatoms. The first kappa shape index (κ1) is 14.9. The Kier molecular flexibility index (Phi) is 5.37. The van der Waals surface area contributed by atoms with Crippen LogP contribution >= 0.6 is 30.3 Å². The number of hydrogen-bond donors (Lipinski definition) is 0. The van der Waals surface area contributed by atoms with Gasteiger partial charge in [-0.05, 0) is 37.4 Å². The van der Waals surface area contributed by atoms with Gasteiger partial charge < -0.3 is 9.05 Å². The summed E-state index contributed by atoms with van der Waals surface area (Å²) in [5, 5.41) is 2.06. The topological polar surface area (TPSA) is 35.5 Å². The number of rotatable bonds is 7. The van der Waals surface area contributed by atoms with E-state index in [1.807, 2.05) is 26.0 Å². The largest absolute Gasteiger partial charge is 0.335 e. The summed E-state index contributed by atoms with van der Waals surface area (Å²) in [6.45, 7) is 4.47. The molecule has 2 aromatic heterocycles. The van der Waals surface area contributed by atoms with Crippen LogP contribution in [0.5, 0.6) is 0 Å². The number of hydrogen-bond acceptors (Lipinski definition) is 5. The molecule has 0 radical (unpaired) electrons. The van der Waals surface area contributed by atoms with Gasteiger partial charge in [0.05, 0.1) is 19.4 Å². The van der Waals surface area contributed by atoms with Crippen LogP contribution in [0.15, 0.2) is 29.6 Å². The highest BCUT2D eigenvalue weighted by Crippen LogP contribution is 2.52. The third-order valence-electron chi connectivity index (χ3n) is 2.43. The van der Waals surface area contributed by atoms with Gasteiger partial charge in [0.15, 0.2) is 0 Å². The summed E-state index contributed by atoms with van der Waals surface area (Å²) in [6, 6.07) is 8.19. The van der Waals surface area contributed by atoms with Crippen molar-refractivity contribution in [1.29, 1.82) is 0 Å². The maximum absolute atomic E-state index is 12.4. The smallest absolute Gasteiger partial charge is 0.309 e. The molecule has 2 heterocycles. The van der Waals surface area contributed by atoms with Crippen LogP contribution in [0.2, 0.25) is 0 Å². The summed E-state index contributed by atoms with van der Waals surface area (Å²) in [6.07, 6.45) is 0.352. The van der Waals surface area contributed by atoms with Crippen molar-refractivity contribution in [3.8, 4) is 9.75 Å². The fourth-order valence-electron chi connectivity index (χ4n) is 1.73. The summed E-state index contributed by atoms with van der Waals surface area (Å²) in [7, 11) is -2.99. The molecule has 0 N–H and O–H groups in total. The zero-order chi connectivity index (χ0) is 13.7. The van der Waals surface area contributed by atoms with E-state index in [9.17, 15) is 4.57 Å². The Morgan fingerprint density at radius 1 is 1.11 bits per heavy atom. The van der Waals surface area contributed by atoms with Crippen molar-refractivity contribution in [3.63, 3.8) is 0 Å². The average molecular weight is 316 g/mol. The molecule has 0 aliphatic heterocycles. The van der Waals surface area contributed by atoms with Gasteiger partial charge in [0.1, 0.15) is 0 Å². The lowest BCUT2D eigenvalue weighted by atomic mass is 10.4. The predicted octanol–water partition coefficient (Wildman–Crippen LogP) is 5.24. The van der Waals surface area contributed by atoms with Crippen LogP contribution in [0, 0.1) is 0 Å². The van der Waals surface area contributed by atoms with Gasteiger partial charge in [0, 0.05) is 14.6 Å². The minimum atomic E-state index is -2.99. The van der Waals surface area contributed by atoms with Crippen LogP contribution in [0.4, 0.5) is 0 Å². The molecule has 0 saturated heterocycles. The van der Waals surface area contributed by atoms with Crippen LogP contribution < -0.4 is 0 Å². The van der Waals surface area contributed by atoms with Gasteiger partial charge >= 0.3 is 7.60 Å². The standard InChI is InChI=1S/C13H17O3PS2/c1-3-15-17(14,16-4-2)10-11-7-8-13(19-11)12-6-5-9-18-12/h5-9H,3-4,10H2,1-2H3. The fourth-order valence-corrected chi connectivity index (χ4v) is 5.63. The Hall–Kier alpha value is -0.450. The molecule has 0 spiro atoms. The molecule has 0 aromatic carbocycles. The summed E-state index contributed by atoms with van der Waals surface area (Å²) < 4.78 is 23.1. The Balaban J connectivity index is 2.12. The molecule has 0 atom stereocenters. The summed E-state index contributed by atoms with van der Waals surface area (Å²) in [4.78, 5) is 3.47. The molecule has 2 aromatic rings. The van der Waals surface area contributed by atoms with E-state index >= 15 is 0 Å². The maximum atomic E-state index is 12.4. The zero-order valence-corrected chi connectivity index (χ0v) is 13.5. The van der Waals surface area contributed by atoms with Crippen molar-refractivity contribution in [2.24, 2.45) is 0 Å². The summed E-state index contributed by atoms with van der Waals surface area (Å²) in [5.41, 5.74) is 0. The average Bonchev–Trinajstić information content (AvgIpc) is 2.98. The molecule has 0 bridgehead atoms. The second-order valence-electron chi connectivity index (χ2n) is 3.85. The first-order valence-corrected chi connectivity index (χ1v) is 9.60. The maximum Gasteiger partial charge on any atom is 0.335 e. The monoisotopic (exact) mass is 316 g/mol. The molecule has 3 nitrogen and oxygen atoms in total. The Morgan fingerprint density at radius 3 is 2.42 bits per heavy atom. The van der Waals surface area contributed by atoms with Gasteiger partial charge in [-0.25, -0.2) is 0 Å². The van der Waals surface area contributed by atoms with Crippen molar-refractivity contribution in [1.82, 2.24) is 0 Å². The van der Waals surface area contributed by atoms with Crippen molar-refractivity contribution < 1.29 is 13.6 Å². The summed E-state index contributed by atoms with van der Waals surface area (Å²) in [5.74, 6) is 0. The highest BCUT2D eigenvalue weighted by atomic mass is 32.1. The van der Waals surface area contributed by atoms with Crippen LogP contribution in [0.3, 0.4) is 0 Å². The molecule has 0 fully saturated rings. The Bertz CT molecular complexity index is 538. The molecule has 2 rings (SSSR count). The minimum absolute atomic E-state index is 0.352. The molecule has 0 aliphatic rings. The van der Waals surface area contributed by atoms with Crippen molar-refractivity contribution >= 4 is 30.3 Å². The lowest BCUT2D eigenvalue weighted by Crippen LogP contribution is -1.97. The molecule has 0 unspecified atom stereocenters. The zero-order valence-electron chi connectivity index (χ0n) is 11.0. The van der Waals surface area contributed by atoms with Gasteiger partial charge in [-0.1, -0.05) is 6.07 Å². The SMILES string of the molecule is CCOP(=O)(Cc1ccc(-c2cccs2)s1)OCC. The lowest BCUT2D eigenvalue weighted by Gasteiger charge is -2.15. The predicted molar refractivity (Wildman–Crippen MR) is 82.2 cm³/mol. The summed E-state index contributed by atoms with van der Waals surface area (Å²) >= 11 is 3.35. The molecule has 104 valence electrons. The van der Waals surface area contributed by atoms with E-state index in [0.717, 1.165) is 4.88 Å². The van der Waals surface area contributed by atoms with Crippen LogP contribution in [-0.4, -0.2) is 13.2 Å². The minimum Gasteiger partial charge on any atom is -0.309 e. The van der Waals surface area contributed by atoms with Gasteiger partial charge in [-0.15, -0.1) is 22.7 Å². The van der Waals surface area contributed by atoms with Crippen molar-refractivity contribution in [2.75, 3.05) is 13.2 Å². The van der Waals surface area contributed by atoms with E-state index in [1.165, 1.54) is 9.75 Å². The second kappa shape index (κ2) is 6.82. The van der Waals surface area contributed by atoms with Crippen LogP contribution in [0.1, 0.15) is 18.7 Å². The fraction of sp³-hybridized carbons (Fsp3) is 0.385. The molecular formula is C13H17O3PS2. The van der Waals surface area contributed by atoms with Crippen LogP contribution in [0.25, 0.3) is 9.75 Å². The van der Waals surface area contributed by atoms with E-state index in [0.29, 0.717) is 19.4 Å². The van der Waals surface area contributed by atoms with E-state index in [2.05, 4.69) is 17.5 Å². The Labute approximate surface area is 121 Å². The van der Waals surface area contributed by atoms with E-state index in [4.69, 9.17) is 9.05 Å². The first-order valence-electron chi connectivity index (χ1n) is 6.17. The van der Waals surface area contributed by atoms with Crippen molar-refractivity contribution in [2.45, 2.75) is 20.0 Å². The highest BCUT2D eigenvalue weighted by Gasteiger charge is 2.25. The number of thiophene rings is 2. The third-order valence-corrected chi connectivity index (χ3v) is 6.82. The van der Waals surface area contributed by atoms with Gasteiger partial charge in [0.25, 0.3) is 0 Å². The first-order chi connectivity index (χ1) is 9.17. The van der Waals surface area contributed by atoms with Gasteiger partial charge in [-0.2, -0.15) is 0 Å². The molecule has 0 amide bonds. The third kappa shape index (κ3) is 4.01. The normalized spacial score (nSPS) is 11.9. The highest BCUT2D eigenvalue weighted by molar-refractivity contribution is 7.53. The molecular weight excluding hydrogens is 299 g/mol. The molecule has 19 heavy (non-hydrogen) atoms. The van der Waals surface area contributed by atoms with E-state index in [1.54, 1.807) is 22.7 Å². The van der Waals surface area contributed by atoms with E-state index < -0.39 is 7.60 Å². The van der Waals surface area contributed by atoms with E-state index in [-0.39, 0.29) is 0 Å². The van der Waals surface area contributed by atoms with Crippen LogP contribution in [-0.2, 0) is 19.8 Å². The quantitative estimate of drug-likeness (QED) is 0.655. The molecule has 0 aliphatic carbocycles. The second-order valence-corrected chi connectivity index (χ2v) is 8.02. The van der Waals surface area contributed by atoms with Crippen molar-refractivity contribution in [3.05, 3.63) is 34.5 Å². The van der Waals surface area contributed by atoms with Gasteiger partial charge in [-0.3, -0.25) is 4.57 Å². The molecule has 0 saturated carbocycles. The Morgan fingerprint density at radius 2 is 1.84 bits per heavy atom. The lowest BCUT2D eigenvalue weighted by molar-refractivity contribution is 0.219.